The minimum Gasteiger partial charge on any atom is -0.466 e. The van der Waals surface area contributed by atoms with Crippen molar-refractivity contribution < 1.29 is 14.6 Å². The molecular weight excluding hydrogens is 108 g/mol. The van der Waals surface area contributed by atoms with Gasteiger partial charge >= 0.3 is 5.97 Å². The monoisotopic (exact) mass is 115 g/mol. The Bertz CT molecular complexity index is 92.2. The van der Waals surface area contributed by atoms with E-state index in [1.165, 1.54) is 7.11 Å². The van der Waals surface area contributed by atoms with Gasteiger partial charge in [0.2, 0.25) is 0 Å². The molecule has 0 bridgehead atoms. The molecular formula is C5H7O3. The van der Waals surface area contributed by atoms with E-state index >= 15 is 0 Å². The Kier molecular flexibility index (Phi) is 2.88. The number of carbonyl (C=O) groups excluding carboxylic acids is 1. The fourth-order valence-corrected chi connectivity index (χ4v) is 0.184. The van der Waals surface area contributed by atoms with Crippen LogP contribution in [0, 0.1) is 6.61 Å². The molecule has 1 N–H and O–H groups in total. The highest BCUT2D eigenvalue weighted by Crippen LogP contribution is 1.93. The van der Waals surface area contributed by atoms with Gasteiger partial charge in [-0.1, -0.05) is 6.58 Å². The van der Waals surface area contributed by atoms with Crippen LogP contribution in [0.15, 0.2) is 12.2 Å². The summed E-state index contributed by atoms with van der Waals surface area (Å²) in [4.78, 5) is 10.2. The zero-order chi connectivity index (χ0) is 6.57. The fourth-order valence-electron chi connectivity index (χ4n) is 0.184. The summed E-state index contributed by atoms with van der Waals surface area (Å²) in [6.07, 6.45) is 0. The van der Waals surface area contributed by atoms with E-state index in [2.05, 4.69) is 11.3 Å². The van der Waals surface area contributed by atoms with Crippen LogP contribution in [0.25, 0.3) is 0 Å². The Morgan fingerprint density at radius 2 is 2.38 bits per heavy atom. The van der Waals surface area contributed by atoms with Gasteiger partial charge in [-0.15, -0.1) is 0 Å². The summed E-state index contributed by atoms with van der Waals surface area (Å²) in [6.45, 7) is 3.77. The van der Waals surface area contributed by atoms with Crippen molar-refractivity contribution >= 4 is 5.97 Å². The average molecular weight is 115 g/mol. The van der Waals surface area contributed by atoms with Gasteiger partial charge in [-0.25, -0.2) is 4.79 Å². The van der Waals surface area contributed by atoms with Crippen molar-refractivity contribution in [2.45, 2.75) is 0 Å². The van der Waals surface area contributed by atoms with Gasteiger partial charge in [0.15, 0.2) is 0 Å². The first-order valence-electron chi connectivity index (χ1n) is 1.97. The van der Waals surface area contributed by atoms with Crippen LogP contribution in [0.1, 0.15) is 0 Å². The maximum atomic E-state index is 10.2. The van der Waals surface area contributed by atoms with Gasteiger partial charge in [-0.2, -0.15) is 0 Å². The van der Waals surface area contributed by atoms with E-state index < -0.39 is 5.97 Å². The number of hydrogen-bond acceptors (Lipinski definition) is 3. The van der Waals surface area contributed by atoms with E-state index in [0.29, 0.717) is 6.61 Å². The molecule has 3 heteroatoms. The first kappa shape index (κ1) is 7.17. The SMILES string of the molecule is C=C([CH]O)C(=O)OC. The molecule has 3 nitrogen and oxygen atoms in total. The molecule has 0 unspecified atom stereocenters. The van der Waals surface area contributed by atoms with Gasteiger partial charge in [0.25, 0.3) is 0 Å². The lowest BCUT2D eigenvalue weighted by Crippen LogP contribution is -2.02. The summed E-state index contributed by atoms with van der Waals surface area (Å²) in [5.41, 5.74) is -0.0486. The van der Waals surface area contributed by atoms with Crippen LogP contribution in [0.5, 0.6) is 0 Å². The van der Waals surface area contributed by atoms with Gasteiger partial charge < -0.3 is 9.84 Å². The van der Waals surface area contributed by atoms with Crippen molar-refractivity contribution in [3.8, 4) is 0 Å². The van der Waals surface area contributed by atoms with Gasteiger partial charge in [0, 0.05) is 0 Å². The predicted molar refractivity (Wildman–Crippen MR) is 27.4 cm³/mol. The van der Waals surface area contributed by atoms with E-state index in [1.54, 1.807) is 0 Å². The van der Waals surface area contributed by atoms with Crippen molar-refractivity contribution in [1.29, 1.82) is 0 Å². The molecule has 0 saturated heterocycles. The van der Waals surface area contributed by atoms with Crippen LogP contribution >= 0.6 is 0 Å². The second-order valence-electron chi connectivity index (χ2n) is 1.15. The lowest BCUT2D eigenvalue weighted by Gasteiger charge is -1.94. The lowest BCUT2D eigenvalue weighted by atomic mass is 10.3. The summed E-state index contributed by atoms with van der Waals surface area (Å²) in [5.74, 6) is -0.618. The molecule has 0 amide bonds. The Hall–Kier alpha value is -0.830. The number of methoxy groups -OCH3 is 1. The van der Waals surface area contributed by atoms with Gasteiger partial charge in [-0.05, 0) is 0 Å². The topological polar surface area (TPSA) is 46.5 Å². The first-order valence-corrected chi connectivity index (χ1v) is 1.97. The average Bonchev–Trinajstić information content (AvgIpc) is 1.84. The van der Waals surface area contributed by atoms with Crippen molar-refractivity contribution in [2.24, 2.45) is 0 Å². The minimum absolute atomic E-state index is 0.0486. The lowest BCUT2D eigenvalue weighted by molar-refractivity contribution is -0.136. The van der Waals surface area contributed by atoms with Gasteiger partial charge in [0.05, 0.1) is 12.7 Å². The van der Waals surface area contributed by atoms with Crippen molar-refractivity contribution in [2.75, 3.05) is 7.11 Å². The summed E-state index contributed by atoms with van der Waals surface area (Å²) < 4.78 is 4.17. The third-order valence-corrected chi connectivity index (χ3v) is 0.603. The van der Waals surface area contributed by atoms with Crippen LogP contribution in [-0.4, -0.2) is 18.2 Å². The Morgan fingerprint density at radius 3 is 2.50 bits per heavy atom. The molecule has 0 aliphatic heterocycles. The number of aliphatic hydroxyl groups is 1. The maximum absolute atomic E-state index is 10.2. The number of ether oxygens (including phenoxy) is 1. The summed E-state index contributed by atoms with van der Waals surface area (Å²) >= 11 is 0. The van der Waals surface area contributed by atoms with Crippen LogP contribution in [0.2, 0.25) is 0 Å². The van der Waals surface area contributed by atoms with E-state index in [4.69, 9.17) is 5.11 Å². The molecule has 8 heavy (non-hydrogen) atoms. The third-order valence-electron chi connectivity index (χ3n) is 0.603. The van der Waals surface area contributed by atoms with E-state index in [9.17, 15) is 4.79 Å². The molecule has 45 valence electrons. The molecule has 0 aromatic heterocycles. The van der Waals surface area contributed by atoms with Crippen molar-refractivity contribution in [3.05, 3.63) is 18.8 Å². The molecule has 0 atom stereocenters. The number of carbonyl (C=O) groups is 1. The summed E-state index contributed by atoms with van der Waals surface area (Å²) in [6, 6.07) is 0. The Morgan fingerprint density at radius 1 is 1.88 bits per heavy atom. The molecule has 0 spiro atoms. The number of hydrogen-bond donors (Lipinski definition) is 1. The number of rotatable bonds is 2. The van der Waals surface area contributed by atoms with E-state index in [1.807, 2.05) is 0 Å². The largest absolute Gasteiger partial charge is 0.466 e. The molecule has 0 saturated carbocycles. The van der Waals surface area contributed by atoms with Crippen molar-refractivity contribution in [1.82, 2.24) is 0 Å². The van der Waals surface area contributed by atoms with Crippen LogP contribution in [-0.2, 0) is 9.53 Å². The second kappa shape index (κ2) is 3.21. The van der Waals surface area contributed by atoms with E-state index in [-0.39, 0.29) is 5.57 Å². The molecule has 0 aliphatic carbocycles. The standard InChI is InChI=1S/C5H7O3/c1-4(3-6)5(7)8-2/h3,6H,1H2,2H3. The molecule has 0 aromatic rings. The fraction of sp³-hybridized carbons (Fsp3) is 0.200. The molecule has 1 radical (unpaired) electrons. The van der Waals surface area contributed by atoms with Crippen LogP contribution < -0.4 is 0 Å². The third kappa shape index (κ3) is 1.75. The highest BCUT2D eigenvalue weighted by molar-refractivity contribution is 5.89. The summed E-state index contributed by atoms with van der Waals surface area (Å²) in [7, 11) is 1.22. The zero-order valence-corrected chi connectivity index (χ0v) is 4.55. The van der Waals surface area contributed by atoms with Gasteiger partial charge in [0.1, 0.15) is 6.61 Å². The van der Waals surface area contributed by atoms with Crippen molar-refractivity contribution in [3.63, 3.8) is 0 Å². The molecule has 0 fully saturated rings. The van der Waals surface area contributed by atoms with E-state index in [0.717, 1.165) is 0 Å². The number of aliphatic hydroxyl groups excluding tert-OH is 1. The quantitative estimate of drug-likeness (QED) is 0.414. The predicted octanol–water partition coefficient (Wildman–Crippen LogP) is 0.250. The highest BCUT2D eigenvalue weighted by atomic mass is 16.5. The molecule has 0 rings (SSSR count). The van der Waals surface area contributed by atoms with Crippen LogP contribution in [0.4, 0.5) is 0 Å². The highest BCUT2D eigenvalue weighted by Gasteiger charge is 2.02. The number of esters is 1. The van der Waals surface area contributed by atoms with Crippen LogP contribution in [0.3, 0.4) is 0 Å². The second-order valence-corrected chi connectivity index (χ2v) is 1.15. The molecule has 0 aromatic carbocycles. The molecule has 0 heterocycles. The minimum atomic E-state index is -0.618. The smallest absolute Gasteiger partial charge is 0.335 e. The summed E-state index contributed by atoms with van der Waals surface area (Å²) in [5, 5.41) is 8.11. The zero-order valence-electron chi connectivity index (χ0n) is 4.55. The maximum Gasteiger partial charge on any atom is 0.335 e. The normalized spacial score (nSPS) is 8.25. The first-order chi connectivity index (χ1) is 3.72. The Balaban J connectivity index is 3.64. The van der Waals surface area contributed by atoms with Gasteiger partial charge in [-0.3, -0.25) is 0 Å². The Labute approximate surface area is 47.6 Å². The molecule has 0 aliphatic rings.